The van der Waals surface area contributed by atoms with E-state index in [4.69, 9.17) is 26.5 Å². The van der Waals surface area contributed by atoms with Crippen LogP contribution in [-0.4, -0.2) is 40.0 Å². The number of benzene rings is 1. The van der Waals surface area contributed by atoms with Gasteiger partial charge in [0.15, 0.2) is 0 Å². The normalized spacial score (nSPS) is 25.2. The molecule has 5 nitrogen and oxygen atoms in total. The second-order valence-corrected chi connectivity index (χ2v) is 11.2. The van der Waals surface area contributed by atoms with Gasteiger partial charge in [-0.15, -0.1) is 0 Å². The number of hydrogen-bond donors (Lipinski definition) is 1. The highest BCUT2D eigenvalue weighted by molar-refractivity contribution is 8.26. The molecule has 34 heavy (non-hydrogen) atoms. The first-order chi connectivity index (χ1) is 16.6. The Hall–Kier alpha value is -2.09. The zero-order valence-electron chi connectivity index (χ0n) is 19.5. The number of amides is 1. The number of methoxy groups -OCH3 is 1. The largest absolute Gasteiger partial charge is 0.497 e. The summed E-state index contributed by atoms with van der Waals surface area (Å²) in [5.74, 6) is 3.62. The lowest BCUT2D eigenvalue weighted by atomic mass is 9.94. The molecule has 1 aromatic heterocycles. The molecule has 2 bridgehead atoms. The molecule has 3 unspecified atom stereocenters. The molecule has 0 spiro atoms. The number of aryl methyl sites for hydroxylation is 1. The first kappa shape index (κ1) is 23.6. The summed E-state index contributed by atoms with van der Waals surface area (Å²) in [6, 6.07) is 10.1. The second-order valence-electron chi connectivity index (χ2n) is 9.56. The standard InChI is InChI=1S/C27H31NO4S2/c1-31-21-8-5-7-19(14-21)23-15-20(6-3-2-4-11-29)24(32-23)16-25-26(30)28(27(33)34-25)22-13-17-9-10-18(22)12-17/h5,7-8,14-18,22,29H,2-4,6,9-13H2,1H3. The van der Waals surface area contributed by atoms with E-state index in [0.717, 1.165) is 66.4 Å². The van der Waals surface area contributed by atoms with Crippen molar-refractivity contribution in [1.82, 2.24) is 4.90 Å². The summed E-state index contributed by atoms with van der Waals surface area (Å²) in [6.07, 6.45) is 10.2. The van der Waals surface area contributed by atoms with Gasteiger partial charge in [-0.3, -0.25) is 9.69 Å². The number of carbonyl (C=O) groups excluding carboxylic acids is 1. The monoisotopic (exact) mass is 497 g/mol. The second kappa shape index (κ2) is 10.3. The van der Waals surface area contributed by atoms with Crippen LogP contribution in [0.2, 0.25) is 0 Å². The number of unbranched alkanes of at least 4 members (excludes halogenated alkanes) is 2. The highest BCUT2D eigenvalue weighted by Gasteiger charge is 2.48. The van der Waals surface area contributed by atoms with Gasteiger partial charge >= 0.3 is 0 Å². The van der Waals surface area contributed by atoms with Crippen molar-refractivity contribution in [3.05, 3.63) is 46.6 Å². The summed E-state index contributed by atoms with van der Waals surface area (Å²) in [5.41, 5.74) is 2.01. The topological polar surface area (TPSA) is 62.9 Å². The number of fused-ring (bicyclic) bond motifs is 2. The number of aliphatic hydroxyl groups is 1. The van der Waals surface area contributed by atoms with Gasteiger partial charge in [0.1, 0.15) is 21.6 Å². The SMILES string of the molecule is COc1cccc(-c2cc(CCCCCO)c(C=C3SC(=S)N(C4CC5CCC4C5)C3=O)o2)c1. The quantitative estimate of drug-likeness (QED) is 0.258. The van der Waals surface area contributed by atoms with Crippen molar-refractivity contribution < 1.29 is 19.1 Å². The Kier molecular flexibility index (Phi) is 7.14. The number of carbonyl (C=O) groups is 1. The molecule has 2 heterocycles. The van der Waals surface area contributed by atoms with Crippen molar-refractivity contribution >= 4 is 40.3 Å². The summed E-state index contributed by atoms with van der Waals surface area (Å²) in [4.78, 5) is 16.0. The summed E-state index contributed by atoms with van der Waals surface area (Å²) in [7, 11) is 1.65. The van der Waals surface area contributed by atoms with Crippen LogP contribution >= 0.6 is 24.0 Å². The van der Waals surface area contributed by atoms with E-state index in [9.17, 15) is 4.79 Å². The molecule has 1 N–H and O–H groups in total. The predicted octanol–water partition coefficient (Wildman–Crippen LogP) is 6.05. The van der Waals surface area contributed by atoms with Crippen LogP contribution in [0.4, 0.5) is 0 Å². The number of furan rings is 1. The molecule has 1 saturated heterocycles. The Bertz CT molecular complexity index is 1110. The minimum absolute atomic E-state index is 0.0260. The van der Waals surface area contributed by atoms with Gasteiger partial charge in [-0.2, -0.15) is 0 Å². The number of rotatable bonds is 9. The Morgan fingerprint density at radius 3 is 2.85 bits per heavy atom. The number of aliphatic hydroxyl groups excluding tert-OH is 1. The van der Waals surface area contributed by atoms with Gasteiger partial charge in [-0.05, 0) is 74.1 Å². The van der Waals surface area contributed by atoms with Crippen LogP contribution in [0.15, 0.2) is 39.7 Å². The van der Waals surface area contributed by atoms with Gasteiger partial charge in [0.05, 0.1) is 12.0 Å². The third-order valence-electron chi connectivity index (χ3n) is 7.42. The maximum Gasteiger partial charge on any atom is 0.266 e. The molecule has 3 fully saturated rings. The summed E-state index contributed by atoms with van der Waals surface area (Å²) in [5, 5.41) is 9.12. The number of thioether (sulfide) groups is 1. The molecule has 180 valence electrons. The van der Waals surface area contributed by atoms with Crippen molar-refractivity contribution in [3.63, 3.8) is 0 Å². The molecule has 1 aliphatic heterocycles. The lowest BCUT2D eigenvalue weighted by molar-refractivity contribution is -0.124. The van der Waals surface area contributed by atoms with Gasteiger partial charge in [0.2, 0.25) is 0 Å². The average Bonchev–Trinajstić information content (AvgIpc) is 3.62. The van der Waals surface area contributed by atoms with Crippen molar-refractivity contribution in [3.8, 4) is 17.1 Å². The van der Waals surface area contributed by atoms with E-state index < -0.39 is 0 Å². The smallest absolute Gasteiger partial charge is 0.266 e. The fourth-order valence-corrected chi connectivity index (χ4v) is 7.04. The molecule has 1 amide bonds. The van der Waals surface area contributed by atoms with E-state index in [1.807, 2.05) is 35.2 Å². The molecule has 2 aliphatic carbocycles. The van der Waals surface area contributed by atoms with Crippen LogP contribution in [0.5, 0.6) is 5.75 Å². The van der Waals surface area contributed by atoms with Crippen LogP contribution in [0.3, 0.4) is 0 Å². The van der Waals surface area contributed by atoms with Crippen LogP contribution in [0.1, 0.15) is 56.3 Å². The van der Waals surface area contributed by atoms with E-state index in [1.165, 1.54) is 31.0 Å². The van der Waals surface area contributed by atoms with Gasteiger partial charge in [0, 0.05) is 24.3 Å². The maximum absolute atomic E-state index is 13.4. The zero-order chi connectivity index (χ0) is 23.7. The average molecular weight is 498 g/mol. The van der Waals surface area contributed by atoms with E-state index in [2.05, 4.69) is 6.07 Å². The molecule has 7 heteroatoms. The van der Waals surface area contributed by atoms with Crippen LogP contribution < -0.4 is 4.74 Å². The van der Waals surface area contributed by atoms with E-state index in [-0.39, 0.29) is 18.6 Å². The van der Waals surface area contributed by atoms with Crippen molar-refractivity contribution in [2.45, 2.75) is 57.4 Å². The first-order valence-electron chi connectivity index (χ1n) is 12.2. The fraction of sp³-hybridized carbons (Fsp3) is 0.481. The molecular weight excluding hydrogens is 466 g/mol. The fourth-order valence-electron chi connectivity index (χ4n) is 5.70. The van der Waals surface area contributed by atoms with Crippen molar-refractivity contribution in [1.29, 1.82) is 0 Å². The van der Waals surface area contributed by atoms with E-state index >= 15 is 0 Å². The van der Waals surface area contributed by atoms with Crippen molar-refractivity contribution in [2.75, 3.05) is 13.7 Å². The zero-order valence-corrected chi connectivity index (χ0v) is 21.1. The molecule has 0 radical (unpaired) electrons. The minimum atomic E-state index is 0.0260. The van der Waals surface area contributed by atoms with Crippen LogP contribution in [-0.2, 0) is 11.2 Å². The van der Waals surface area contributed by atoms with Gasteiger partial charge in [-0.25, -0.2) is 0 Å². The van der Waals surface area contributed by atoms with Crippen LogP contribution in [0.25, 0.3) is 17.4 Å². The van der Waals surface area contributed by atoms with Crippen molar-refractivity contribution in [2.24, 2.45) is 11.8 Å². The predicted molar refractivity (Wildman–Crippen MR) is 140 cm³/mol. The lowest BCUT2D eigenvalue weighted by Crippen LogP contribution is -2.41. The minimum Gasteiger partial charge on any atom is -0.497 e. The Morgan fingerprint density at radius 1 is 1.24 bits per heavy atom. The molecule has 3 atom stereocenters. The molecule has 1 aromatic carbocycles. The third-order valence-corrected chi connectivity index (χ3v) is 8.75. The third kappa shape index (κ3) is 4.70. The molecule has 5 rings (SSSR count). The summed E-state index contributed by atoms with van der Waals surface area (Å²) < 4.78 is 12.4. The van der Waals surface area contributed by atoms with Gasteiger partial charge < -0.3 is 14.3 Å². The molecule has 3 aliphatic rings. The van der Waals surface area contributed by atoms with Crippen LogP contribution in [0, 0.1) is 11.8 Å². The highest BCUT2D eigenvalue weighted by atomic mass is 32.2. The Labute approximate surface area is 210 Å². The maximum atomic E-state index is 13.4. The first-order valence-corrected chi connectivity index (χ1v) is 13.4. The molecule has 2 aromatic rings. The highest BCUT2D eigenvalue weighted by Crippen LogP contribution is 2.49. The summed E-state index contributed by atoms with van der Waals surface area (Å²) in [6.45, 7) is 0.207. The Balaban J connectivity index is 1.42. The number of nitrogens with zero attached hydrogens (tertiary/aromatic N) is 1. The van der Waals surface area contributed by atoms with E-state index in [1.54, 1.807) is 7.11 Å². The number of hydrogen-bond acceptors (Lipinski definition) is 6. The molecular formula is C27H31NO4S2. The van der Waals surface area contributed by atoms with Gasteiger partial charge in [0.25, 0.3) is 5.91 Å². The van der Waals surface area contributed by atoms with E-state index in [0.29, 0.717) is 15.1 Å². The lowest BCUT2D eigenvalue weighted by Gasteiger charge is -2.30. The van der Waals surface area contributed by atoms with Gasteiger partial charge in [-0.1, -0.05) is 49.0 Å². The number of ether oxygens (including phenoxy) is 1. The molecule has 2 saturated carbocycles. The number of thiocarbonyl (C=S) groups is 1. The summed E-state index contributed by atoms with van der Waals surface area (Å²) >= 11 is 7.06. The Morgan fingerprint density at radius 2 is 2.12 bits per heavy atom.